The molecule has 0 bridgehead atoms. The highest BCUT2D eigenvalue weighted by Gasteiger charge is 2.38. The second kappa shape index (κ2) is 9.64. The zero-order chi connectivity index (χ0) is 21.8. The average Bonchev–Trinajstić information content (AvgIpc) is 3.18. The monoisotopic (exact) mass is 451 g/mol. The molecule has 0 fully saturated rings. The van der Waals surface area contributed by atoms with Gasteiger partial charge in [0.05, 0.1) is 28.1 Å². The molecule has 30 heavy (non-hydrogen) atoms. The molecule has 1 aromatic carbocycles. The lowest BCUT2D eigenvalue weighted by Gasteiger charge is -2.30. The fraction of sp³-hybridized carbons (Fsp3) is 0.381. The number of carbonyl (C=O) groups is 1. The third kappa shape index (κ3) is 4.38. The van der Waals surface area contributed by atoms with E-state index in [1.807, 2.05) is 26.8 Å². The third-order valence-corrected chi connectivity index (χ3v) is 5.63. The summed E-state index contributed by atoms with van der Waals surface area (Å²) in [5.74, 6) is -0.278. The van der Waals surface area contributed by atoms with Crippen LogP contribution < -0.4 is 5.32 Å². The molecular formula is C21H23Cl2N3O4. The smallest absolute Gasteiger partial charge is 0.336 e. The van der Waals surface area contributed by atoms with E-state index in [0.29, 0.717) is 57.3 Å². The van der Waals surface area contributed by atoms with Crippen LogP contribution in [0.2, 0.25) is 10.0 Å². The molecule has 0 saturated heterocycles. The molecule has 2 heterocycles. The first kappa shape index (κ1) is 22.3. The van der Waals surface area contributed by atoms with Gasteiger partial charge in [0.25, 0.3) is 0 Å². The maximum absolute atomic E-state index is 13.1. The number of nitrogens with zero attached hydrogens (tertiary/aromatic N) is 2. The van der Waals surface area contributed by atoms with Crippen molar-refractivity contribution >= 4 is 34.7 Å². The highest BCUT2D eigenvalue weighted by molar-refractivity contribution is 6.42. The summed E-state index contributed by atoms with van der Waals surface area (Å²) in [5, 5.41) is 12.2. The highest BCUT2D eigenvalue weighted by atomic mass is 35.5. The third-order valence-electron chi connectivity index (χ3n) is 4.79. The Morgan fingerprint density at radius 1 is 1.20 bits per heavy atom. The van der Waals surface area contributed by atoms with Gasteiger partial charge in [-0.25, -0.2) is 4.79 Å². The normalized spacial score (nSPS) is 16.7. The summed E-state index contributed by atoms with van der Waals surface area (Å²) in [6, 6.07) is 5.30. The Labute approximate surface area is 185 Å². The van der Waals surface area contributed by atoms with Crippen molar-refractivity contribution < 1.29 is 18.7 Å². The number of benzene rings is 1. The topological polar surface area (TPSA) is 86.5 Å². The van der Waals surface area contributed by atoms with E-state index in [1.165, 1.54) is 0 Å². The largest absolute Gasteiger partial charge is 0.460 e. The minimum Gasteiger partial charge on any atom is -0.460 e. The van der Waals surface area contributed by atoms with Crippen LogP contribution >= 0.6 is 23.2 Å². The van der Waals surface area contributed by atoms with Crippen molar-refractivity contribution in [3.05, 3.63) is 62.6 Å². The molecule has 9 heteroatoms. The Morgan fingerprint density at radius 3 is 2.63 bits per heavy atom. The fourth-order valence-electron chi connectivity index (χ4n) is 3.40. The van der Waals surface area contributed by atoms with Gasteiger partial charge in [0.1, 0.15) is 6.61 Å². The first-order chi connectivity index (χ1) is 14.4. The number of aromatic nitrogens is 2. The van der Waals surface area contributed by atoms with Gasteiger partial charge in [0.15, 0.2) is 0 Å². The number of dihydropyridines is 1. The molecule has 1 N–H and O–H groups in total. The Morgan fingerprint density at radius 2 is 1.97 bits per heavy atom. The van der Waals surface area contributed by atoms with Crippen molar-refractivity contribution in [1.29, 1.82) is 0 Å². The Bertz CT molecular complexity index is 1010. The molecule has 3 rings (SSSR count). The summed E-state index contributed by atoms with van der Waals surface area (Å²) in [6.45, 7) is 6.03. The first-order valence-electron chi connectivity index (χ1n) is 9.50. The average molecular weight is 452 g/mol. The van der Waals surface area contributed by atoms with Crippen LogP contribution in [0.4, 0.5) is 0 Å². The van der Waals surface area contributed by atoms with Crippen LogP contribution in [0.3, 0.4) is 0 Å². The number of nitrogens with one attached hydrogen (secondary N) is 1. The number of hydrogen-bond acceptors (Lipinski definition) is 7. The second-order valence-corrected chi connectivity index (χ2v) is 7.55. The molecule has 1 aliphatic rings. The van der Waals surface area contributed by atoms with Gasteiger partial charge in [-0.15, -0.1) is 10.2 Å². The van der Waals surface area contributed by atoms with E-state index in [4.69, 9.17) is 37.1 Å². The molecule has 0 amide bonds. The van der Waals surface area contributed by atoms with Crippen molar-refractivity contribution in [2.24, 2.45) is 0 Å². The van der Waals surface area contributed by atoms with Crippen molar-refractivity contribution in [2.45, 2.75) is 33.1 Å². The lowest BCUT2D eigenvalue weighted by Crippen LogP contribution is -2.29. The first-order valence-corrected chi connectivity index (χ1v) is 10.3. The molecule has 0 saturated carbocycles. The van der Waals surface area contributed by atoms with E-state index in [-0.39, 0.29) is 6.61 Å². The van der Waals surface area contributed by atoms with Gasteiger partial charge in [0.2, 0.25) is 11.8 Å². The van der Waals surface area contributed by atoms with Crippen LogP contribution in [0.1, 0.15) is 44.0 Å². The lowest BCUT2D eigenvalue weighted by atomic mass is 9.80. The van der Waals surface area contributed by atoms with Gasteiger partial charge in [-0.2, -0.15) is 0 Å². The molecule has 1 aliphatic heterocycles. The van der Waals surface area contributed by atoms with Gasteiger partial charge in [-0.05, 0) is 25.5 Å². The molecule has 1 unspecified atom stereocenters. The van der Waals surface area contributed by atoms with E-state index in [1.54, 1.807) is 19.2 Å². The van der Waals surface area contributed by atoms with Gasteiger partial charge in [-0.1, -0.05) is 42.3 Å². The predicted molar refractivity (Wildman–Crippen MR) is 114 cm³/mol. The molecule has 7 nitrogen and oxygen atoms in total. The minimum atomic E-state index is -0.599. The second-order valence-electron chi connectivity index (χ2n) is 6.76. The summed E-state index contributed by atoms with van der Waals surface area (Å²) in [5.41, 5.74) is 3.11. The SMILES string of the molecule is CCc1nnc(C2=C(C)NC(C)=C(C(=O)OCCOC)C2c2cccc(Cl)c2Cl)o1. The maximum Gasteiger partial charge on any atom is 0.336 e. The zero-order valence-electron chi connectivity index (χ0n) is 17.2. The summed E-state index contributed by atoms with van der Waals surface area (Å²) in [4.78, 5) is 13.1. The van der Waals surface area contributed by atoms with Crippen LogP contribution in [0, 0.1) is 0 Å². The van der Waals surface area contributed by atoms with Crippen LogP contribution in [0.25, 0.3) is 5.57 Å². The van der Waals surface area contributed by atoms with Gasteiger partial charge in [0, 0.05) is 30.5 Å². The summed E-state index contributed by atoms with van der Waals surface area (Å²) < 4.78 is 16.3. The Hall–Kier alpha value is -2.35. The van der Waals surface area contributed by atoms with Gasteiger partial charge in [-0.3, -0.25) is 0 Å². The standard InChI is InChI=1S/C21H23Cl2N3O4/c1-5-15-25-26-20(30-15)16-11(2)24-12(3)17(21(27)29-10-9-28-4)18(16)13-7-6-8-14(22)19(13)23/h6-8,18,24H,5,9-10H2,1-4H3. The number of aryl methyl sites for hydroxylation is 1. The van der Waals surface area contributed by atoms with Gasteiger partial charge < -0.3 is 19.2 Å². The molecular weight excluding hydrogens is 429 g/mol. The van der Waals surface area contributed by atoms with E-state index in [0.717, 1.165) is 5.70 Å². The number of ether oxygens (including phenoxy) is 2. The number of rotatable bonds is 7. The Balaban J connectivity index is 2.16. The number of carbonyl (C=O) groups excluding carboxylic acids is 1. The van der Waals surface area contributed by atoms with E-state index >= 15 is 0 Å². The lowest BCUT2D eigenvalue weighted by molar-refractivity contribution is -0.140. The predicted octanol–water partition coefficient (Wildman–Crippen LogP) is 4.52. The molecule has 2 aromatic rings. The van der Waals surface area contributed by atoms with E-state index < -0.39 is 11.9 Å². The number of esters is 1. The summed E-state index contributed by atoms with van der Waals surface area (Å²) in [7, 11) is 1.54. The number of hydrogen-bond donors (Lipinski definition) is 1. The summed E-state index contributed by atoms with van der Waals surface area (Å²) in [6.07, 6.45) is 0.593. The molecule has 0 aliphatic carbocycles. The van der Waals surface area contributed by atoms with Crippen molar-refractivity contribution in [2.75, 3.05) is 20.3 Å². The van der Waals surface area contributed by atoms with Gasteiger partial charge >= 0.3 is 5.97 Å². The number of halogens is 2. The summed E-state index contributed by atoms with van der Waals surface area (Å²) >= 11 is 12.9. The van der Waals surface area contributed by atoms with Crippen LogP contribution in [0.15, 0.2) is 39.6 Å². The van der Waals surface area contributed by atoms with Crippen molar-refractivity contribution in [3.63, 3.8) is 0 Å². The quantitative estimate of drug-likeness (QED) is 0.488. The molecule has 1 aromatic heterocycles. The number of methoxy groups -OCH3 is 1. The van der Waals surface area contributed by atoms with E-state index in [2.05, 4.69) is 15.5 Å². The van der Waals surface area contributed by atoms with E-state index in [9.17, 15) is 4.79 Å². The minimum absolute atomic E-state index is 0.126. The number of allylic oxidation sites excluding steroid dienone is 3. The van der Waals surface area contributed by atoms with Crippen molar-refractivity contribution in [3.8, 4) is 0 Å². The molecule has 160 valence electrons. The fourth-order valence-corrected chi connectivity index (χ4v) is 3.82. The molecule has 1 atom stereocenters. The molecule has 0 radical (unpaired) electrons. The van der Waals surface area contributed by atoms with Crippen LogP contribution in [-0.2, 0) is 20.7 Å². The Kier molecular flexibility index (Phi) is 7.18. The van der Waals surface area contributed by atoms with Crippen LogP contribution in [-0.4, -0.2) is 36.5 Å². The van der Waals surface area contributed by atoms with Crippen LogP contribution in [0.5, 0.6) is 0 Å². The highest BCUT2D eigenvalue weighted by Crippen LogP contribution is 2.46. The van der Waals surface area contributed by atoms with Crippen molar-refractivity contribution in [1.82, 2.24) is 15.5 Å². The zero-order valence-corrected chi connectivity index (χ0v) is 18.7. The molecule has 0 spiro atoms. The maximum atomic E-state index is 13.1.